The standard InChI is InChI=1S/C15H15N5O3S/c21-15-12-8-16-10-17-14(12)19-13(20-15)9-18-24(22,23)7-6-11-4-2-1-3-5-11/h1-5,8,10,18H,6-7,9H2,(H,16,17,19,20,21). The number of sulfonamides is 1. The fraction of sp³-hybridized carbons (Fsp3) is 0.200. The number of nitrogens with one attached hydrogen (secondary N) is 2. The smallest absolute Gasteiger partial charge is 0.262 e. The molecule has 9 heteroatoms. The van der Waals surface area contributed by atoms with Crippen molar-refractivity contribution in [3.05, 3.63) is 64.6 Å². The second-order valence-corrected chi connectivity index (χ2v) is 7.07. The number of hydrogen-bond acceptors (Lipinski definition) is 6. The van der Waals surface area contributed by atoms with E-state index in [2.05, 4.69) is 24.7 Å². The van der Waals surface area contributed by atoms with Gasteiger partial charge < -0.3 is 4.98 Å². The van der Waals surface area contributed by atoms with Crippen LogP contribution in [0.15, 0.2) is 47.7 Å². The Kier molecular flexibility index (Phi) is 4.63. The third-order valence-electron chi connectivity index (χ3n) is 3.40. The molecule has 24 heavy (non-hydrogen) atoms. The van der Waals surface area contributed by atoms with Crippen LogP contribution in [0.2, 0.25) is 0 Å². The van der Waals surface area contributed by atoms with E-state index in [1.54, 1.807) is 0 Å². The molecule has 0 bridgehead atoms. The van der Waals surface area contributed by atoms with Crippen molar-refractivity contribution < 1.29 is 8.42 Å². The molecule has 1 aromatic carbocycles. The summed E-state index contributed by atoms with van der Waals surface area (Å²) in [7, 11) is -3.49. The molecule has 0 saturated heterocycles. The highest BCUT2D eigenvalue weighted by Crippen LogP contribution is 2.03. The molecule has 0 aliphatic carbocycles. The predicted octanol–water partition coefficient (Wildman–Crippen LogP) is 0.375. The highest BCUT2D eigenvalue weighted by molar-refractivity contribution is 7.89. The van der Waals surface area contributed by atoms with E-state index >= 15 is 0 Å². The van der Waals surface area contributed by atoms with Gasteiger partial charge in [0.1, 0.15) is 17.5 Å². The third-order valence-corrected chi connectivity index (χ3v) is 4.72. The Bertz CT molecular complexity index is 1000. The zero-order chi connectivity index (χ0) is 17.0. The Hall–Kier alpha value is -2.65. The average Bonchev–Trinajstić information content (AvgIpc) is 2.60. The number of aryl methyl sites for hydroxylation is 1. The zero-order valence-corrected chi connectivity index (χ0v) is 13.5. The predicted molar refractivity (Wildman–Crippen MR) is 88.7 cm³/mol. The number of aromatic amines is 1. The molecule has 0 aliphatic heterocycles. The molecule has 0 unspecified atom stereocenters. The maximum absolute atomic E-state index is 12.1. The SMILES string of the molecule is O=c1[nH]c(CNS(=O)(=O)CCc2ccccc2)nc2ncncc12. The zero-order valence-electron chi connectivity index (χ0n) is 12.6. The minimum absolute atomic E-state index is 0.0446. The molecule has 0 fully saturated rings. The first-order valence-corrected chi connectivity index (χ1v) is 8.89. The van der Waals surface area contributed by atoms with Crippen molar-refractivity contribution in [2.24, 2.45) is 0 Å². The Morgan fingerprint density at radius 1 is 1.17 bits per heavy atom. The first kappa shape index (κ1) is 16.2. The number of rotatable bonds is 6. The first-order chi connectivity index (χ1) is 11.5. The lowest BCUT2D eigenvalue weighted by Gasteiger charge is -2.07. The van der Waals surface area contributed by atoms with E-state index in [0.29, 0.717) is 6.42 Å². The summed E-state index contributed by atoms with van der Waals surface area (Å²) >= 11 is 0. The molecule has 0 radical (unpaired) electrons. The summed E-state index contributed by atoms with van der Waals surface area (Å²) in [5.74, 6) is 0.159. The van der Waals surface area contributed by atoms with Gasteiger partial charge in [0.05, 0.1) is 12.3 Å². The molecule has 2 aromatic heterocycles. The van der Waals surface area contributed by atoms with Gasteiger partial charge in [0.2, 0.25) is 10.0 Å². The molecule has 124 valence electrons. The number of H-pyrrole nitrogens is 1. The maximum atomic E-state index is 12.1. The van der Waals surface area contributed by atoms with Gasteiger partial charge >= 0.3 is 0 Å². The second kappa shape index (κ2) is 6.85. The molecule has 0 amide bonds. The molecule has 2 heterocycles. The van der Waals surface area contributed by atoms with Gasteiger partial charge in [-0.05, 0) is 12.0 Å². The number of nitrogens with zero attached hydrogens (tertiary/aromatic N) is 3. The molecular weight excluding hydrogens is 330 g/mol. The molecular formula is C15H15N5O3S. The summed E-state index contributed by atoms with van der Waals surface area (Å²) in [5.41, 5.74) is 0.767. The Morgan fingerprint density at radius 3 is 2.75 bits per heavy atom. The number of hydrogen-bond donors (Lipinski definition) is 2. The van der Waals surface area contributed by atoms with Gasteiger partial charge in [0.25, 0.3) is 5.56 Å². The quantitative estimate of drug-likeness (QED) is 0.667. The van der Waals surface area contributed by atoms with E-state index in [-0.39, 0.29) is 29.2 Å². The van der Waals surface area contributed by atoms with E-state index < -0.39 is 15.6 Å². The summed E-state index contributed by atoms with van der Waals surface area (Å²) in [5, 5.41) is 0.258. The van der Waals surface area contributed by atoms with Crippen molar-refractivity contribution in [3.8, 4) is 0 Å². The van der Waals surface area contributed by atoms with E-state index in [1.165, 1.54) is 12.5 Å². The van der Waals surface area contributed by atoms with Gasteiger partial charge in [0, 0.05) is 6.20 Å². The van der Waals surface area contributed by atoms with Crippen LogP contribution in [0.3, 0.4) is 0 Å². The minimum Gasteiger partial charge on any atom is -0.309 e. The average molecular weight is 345 g/mol. The number of benzene rings is 1. The summed E-state index contributed by atoms with van der Waals surface area (Å²) in [6.07, 6.45) is 3.05. The van der Waals surface area contributed by atoms with Crippen molar-refractivity contribution in [1.82, 2.24) is 24.7 Å². The van der Waals surface area contributed by atoms with E-state index in [4.69, 9.17) is 0 Å². The molecule has 3 aromatic rings. The second-order valence-electron chi connectivity index (χ2n) is 5.15. The van der Waals surface area contributed by atoms with Crippen LogP contribution in [-0.2, 0) is 23.0 Å². The normalized spacial score (nSPS) is 11.7. The van der Waals surface area contributed by atoms with Crippen LogP contribution in [0.4, 0.5) is 0 Å². The van der Waals surface area contributed by atoms with Crippen LogP contribution in [0, 0.1) is 0 Å². The van der Waals surface area contributed by atoms with Crippen LogP contribution < -0.4 is 10.3 Å². The summed E-state index contributed by atoms with van der Waals surface area (Å²) < 4.78 is 26.6. The third kappa shape index (κ3) is 4.00. The highest BCUT2D eigenvalue weighted by Gasteiger charge is 2.12. The van der Waals surface area contributed by atoms with Crippen molar-refractivity contribution in [2.45, 2.75) is 13.0 Å². The van der Waals surface area contributed by atoms with E-state index in [0.717, 1.165) is 5.56 Å². The van der Waals surface area contributed by atoms with Gasteiger partial charge in [-0.3, -0.25) is 4.79 Å². The fourth-order valence-corrected chi connectivity index (χ4v) is 3.16. The lowest BCUT2D eigenvalue weighted by atomic mass is 10.2. The molecule has 3 rings (SSSR count). The van der Waals surface area contributed by atoms with E-state index in [9.17, 15) is 13.2 Å². The van der Waals surface area contributed by atoms with Gasteiger partial charge in [0.15, 0.2) is 5.65 Å². The summed E-state index contributed by atoms with van der Waals surface area (Å²) in [4.78, 5) is 26.2. The number of fused-ring (bicyclic) bond motifs is 1. The van der Waals surface area contributed by atoms with Crippen molar-refractivity contribution >= 4 is 21.1 Å². The van der Waals surface area contributed by atoms with Gasteiger partial charge in [-0.15, -0.1) is 0 Å². The fourth-order valence-electron chi connectivity index (χ4n) is 2.16. The van der Waals surface area contributed by atoms with Crippen LogP contribution >= 0.6 is 0 Å². The monoisotopic (exact) mass is 345 g/mol. The Morgan fingerprint density at radius 2 is 1.96 bits per heavy atom. The van der Waals surface area contributed by atoms with Crippen molar-refractivity contribution in [2.75, 3.05) is 5.75 Å². The van der Waals surface area contributed by atoms with E-state index in [1.807, 2.05) is 30.3 Å². The Balaban J connectivity index is 1.67. The molecule has 2 N–H and O–H groups in total. The van der Waals surface area contributed by atoms with Gasteiger partial charge in [-0.2, -0.15) is 0 Å². The minimum atomic E-state index is -3.49. The largest absolute Gasteiger partial charge is 0.309 e. The van der Waals surface area contributed by atoms with Crippen LogP contribution in [0.25, 0.3) is 11.0 Å². The van der Waals surface area contributed by atoms with Crippen LogP contribution in [0.1, 0.15) is 11.4 Å². The Labute approximate surface area is 138 Å². The molecule has 0 saturated carbocycles. The lowest BCUT2D eigenvalue weighted by Crippen LogP contribution is -2.28. The van der Waals surface area contributed by atoms with Crippen LogP contribution in [-0.4, -0.2) is 34.1 Å². The highest BCUT2D eigenvalue weighted by atomic mass is 32.2. The van der Waals surface area contributed by atoms with Crippen LogP contribution in [0.5, 0.6) is 0 Å². The number of aromatic nitrogens is 4. The summed E-state index contributed by atoms with van der Waals surface area (Å²) in [6.45, 7) is -0.105. The molecule has 0 atom stereocenters. The molecule has 8 nitrogen and oxygen atoms in total. The lowest BCUT2D eigenvalue weighted by molar-refractivity contribution is 0.578. The molecule has 0 spiro atoms. The molecule has 0 aliphatic rings. The van der Waals surface area contributed by atoms with Crippen molar-refractivity contribution in [3.63, 3.8) is 0 Å². The topological polar surface area (TPSA) is 118 Å². The van der Waals surface area contributed by atoms with Gasteiger partial charge in [-0.1, -0.05) is 30.3 Å². The maximum Gasteiger partial charge on any atom is 0.262 e. The van der Waals surface area contributed by atoms with Crippen molar-refractivity contribution in [1.29, 1.82) is 0 Å². The van der Waals surface area contributed by atoms with Gasteiger partial charge in [-0.25, -0.2) is 28.1 Å². The first-order valence-electron chi connectivity index (χ1n) is 7.24. The summed E-state index contributed by atoms with van der Waals surface area (Å²) in [6, 6.07) is 9.35.